The van der Waals surface area contributed by atoms with Crippen molar-refractivity contribution in [1.29, 1.82) is 0 Å². The highest BCUT2D eigenvalue weighted by atomic mass is 16.4. The summed E-state index contributed by atoms with van der Waals surface area (Å²) in [6.07, 6.45) is 4.48. The number of imide groups is 1. The van der Waals surface area contributed by atoms with Gasteiger partial charge >= 0.3 is 5.97 Å². The molecule has 3 amide bonds. The number of carboxylic acids is 1. The van der Waals surface area contributed by atoms with Crippen LogP contribution < -0.4 is 0 Å². The number of hydrogen-bond acceptors (Lipinski definition) is 4. The third-order valence-corrected chi connectivity index (χ3v) is 3.40. The molecule has 0 fully saturated rings. The molecule has 1 rings (SSSR count). The van der Waals surface area contributed by atoms with E-state index < -0.39 is 35.7 Å². The maximum absolute atomic E-state index is 12.4. The van der Waals surface area contributed by atoms with Crippen molar-refractivity contribution in [3.63, 3.8) is 0 Å². The van der Waals surface area contributed by atoms with E-state index in [0.717, 1.165) is 30.0 Å². The van der Waals surface area contributed by atoms with E-state index in [0.29, 0.717) is 11.4 Å². The SMILES string of the molecule is CCCCCC(=O)N(C(C(=O)O)C(C)C)N1C(=O)C=CC1=O. The fourth-order valence-electron chi connectivity index (χ4n) is 2.31. The van der Waals surface area contributed by atoms with Crippen LogP contribution in [0.2, 0.25) is 0 Å². The summed E-state index contributed by atoms with van der Waals surface area (Å²) < 4.78 is 0. The number of carbonyl (C=O) groups is 4. The first-order chi connectivity index (χ1) is 10.3. The number of carbonyl (C=O) groups excluding carboxylic acids is 3. The smallest absolute Gasteiger partial charge is 0.328 e. The molecule has 0 saturated carbocycles. The van der Waals surface area contributed by atoms with Gasteiger partial charge in [0.1, 0.15) is 0 Å². The number of unbranched alkanes of at least 4 members (excludes halogenated alkanes) is 2. The van der Waals surface area contributed by atoms with Crippen LogP contribution in [-0.4, -0.2) is 44.9 Å². The van der Waals surface area contributed by atoms with Crippen LogP contribution in [0.1, 0.15) is 46.5 Å². The van der Waals surface area contributed by atoms with Gasteiger partial charge in [-0.3, -0.25) is 14.4 Å². The average molecular weight is 310 g/mol. The Morgan fingerprint density at radius 3 is 2.14 bits per heavy atom. The van der Waals surface area contributed by atoms with Crippen molar-refractivity contribution in [3.8, 4) is 0 Å². The summed E-state index contributed by atoms with van der Waals surface area (Å²) in [5.74, 6) is -3.61. The van der Waals surface area contributed by atoms with Gasteiger partial charge in [0, 0.05) is 18.6 Å². The van der Waals surface area contributed by atoms with Crippen LogP contribution in [0.15, 0.2) is 12.2 Å². The van der Waals surface area contributed by atoms with Crippen molar-refractivity contribution in [1.82, 2.24) is 10.0 Å². The summed E-state index contributed by atoms with van der Waals surface area (Å²) in [5.41, 5.74) is 0. The summed E-state index contributed by atoms with van der Waals surface area (Å²) in [4.78, 5) is 47.6. The van der Waals surface area contributed by atoms with E-state index in [9.17, 15) is 24.3 Å². The summed E-state index contributed by atoms with van der Waals surface area (Å²) >= 11 is 0. The Hall–Kier alpha value is -2.18. The maximum Gasteiger partial charge on any atom is 0.328 e. The van der Waals surface area contributed by atoms with E-state index in [2.05, 4.69) is 0 Å². The second-order valence-electron chi connectivity index (χ2n) is 5.54. The van der Waals surface area contributed by atoms with Crippen molar-refractivity contribution in [3.05, 3.63) is 12.2 Å². The molecule has 22 heavy (non-hydrogen) atoms. The van der Waals surface area contributed by atoms with E-state index in [-0.39, 0.29) is 6.42 Å². The van der Waals surface area contributed by atoms with Crippen LogP contribution in [0.5, 0.6) is 0 Å². The number of rotatable bonds is 8. The van der Waals surface area contributed by atoms with E-state index >= 15 is 0 Å². The molecule has 7 heteroatoms. The molecule has 122 valence electrons. The molecule has 0 saturated heterocycles. The zero-order valence-corrected chi connectivity index (χ0v) is 13.1. The lowest BCUT2D eigenvalue weighted by atomic mass is 10.0. The molecule has 7 nitrogen and oxygen atoms in total. The highest BCUT2D eigenvalue weighted by Crippen LogP contribution is 2.20. The molecule has 1 aliphatic heterocycles. The van der Waals surface area contributed by atoms with Gasteiger partial charge in [-0.05, 0) is 12.3 Å². The van der Waals surface area contributed by atoms with E-state index in [1.165, 1.54) is 0 Å². The lowest BCUT2D eigenvalue weighted by molar-refractivity contribution is -0.179. The third kappa shape index (κ3) is 3.93. The summed E-state index contributed by atoms with van der Waals surface area (Å²) in [5, 5.41) is 10.8. The Bertz CT molecular complexity index is 480. The molecule has 0 aromatic carbocycles. The number of carboxylic acid groups (broad SMARTS) is 1. The molecule has 1 aliphatic rings. The molecule has 0 radical (unpaired) electrons. The Morgan fingerprint density at radius 1 is 1.18 bits per heavy atom. The third-order valence-electron chi connectivity index (χ3n) is 3.40. The van der Waals surface area contributed by atoms with Crippen molar-refractivity contribution in [2.45, 2.75) is 52.5 Å². The maximum atomic E-state index is 12.4. The molecular weight excluding hydrogens is 288 g/mol. The fourth-order valence-corrected chi connectivity index (χ4v) is 2.31. The summed E-state index contributed by atoms with van der Waals surface area (Å²) in [6.45, 7) is 5.24. The quantitative estimate of drug-likeness (QED) is 0.539. The molecular formula is C15H22N2O5. The van der Waals surface area contributed by atoms with Crippen molar-refractivity contribution in [2.24, 2.45) is 5.92 Å². The second-order valence-corrected chi connectivity index (χ2v) is 5.54. The minimum atomic E-state index is -1.26. The minimum absolute atomic E-state index is 0.0986. The lowest BCUT2D eigenvalue weighted by Gasteiger charge is -2.36. The van der Waals surface area contributed by atoms with E-state index in [1.54, 1.807) is 13.8 Å². The van der Waals surface area contributed by atoms with Crippen LogP contribution in [0.25, 0.3) is 0 Å². The standard InChI is InChI=1S/C15H22N2O5/c1-4-5-6-7-11(18)17(14(10(2)3)15(21)22)16-12(19)8-9-13(16)20/h8-10,14H,4-7H2,1-3H3,(H,21,22). The molecule has 1 unspecified atom stereocenters. The minimum Gasteiger partial charge on any atom is -0.480 e. The second kappa shape index (κ2) is 7.72. The molecule has 1 heterocycles. The predicted molar refractivity (Wildman–Crippen MR) is 78.2 cm³/mol. The first-order valence-corrected chi connectivity index (χ1v) is 7.42. The first-order valence-electron chi connectivity index (χ1n) is 7.42. The van der Waals surface area contributed by atoms with Gasteiger partial charge < -0.3 is 5.11 Å². The Balaban J connectivity index is 3.09. The first kappa shape index (κ1) is 17.9. The molecule has 0 aromatic heterocycles. The van der Waals surface area contributed by atoms with Gasteiger partial charge in [0.2, 0.25) is 5.91 Å². The Kier molecular flexibility index (Phi) is 6.27. The Labute approximate surface area is 129 Å². The van der Waals surface area contributed by atoms with E-state index in [4.69, 9.17) is 0 Å². The van der Waals surface area contributed by atoms with Crippen molar-refractivity contribution < 1.29 is 24.3 Å². The monoisotopic (exact) mass is 310 g/mol. The largest absolute Gasteiger partial charge is 0.480 e. The zero-order chi connectivity index (χ0) is 16.9. The Morgan fingerprint density at radius 2 is 1.73 bits per heavy atom. The highest BCUT2D eigenvalue weighted by Gasteiger charge is 2.41. The highest BCUT2D eigenvalue weighted by molar-refractivity contribution is 6.13. The molecule has 0 bridgehead atoms. The van der Waals surface area contributed by atoms with Gasteiger partial charge in [0.15, 0.2) is 6.04 Å². The molecule has 1 atom stereocenters. The molecule has 0 aliphatic carbocycles. The molecule has 0 spiro atoms. The van der Waals surface area contributed by atoms with Crippen LogP contribution in [0.4, 0.5) is 0 Å². The van der Waals surface area contributed by atoms with E-state index in [1.807, 2.05) is 6.92 Å². The normalized spacial score (nSPS) is 15.5. The molecule has 1 N–H and O–H groups in total. The number of amides is 3. The van der Waals surface area contributed by atoms with Gasteiger partial charge in [0.25, 0.3) is 11.8 Å². The van der Waals surface area contributed by atoms with Crippen LogP contribution in [0, 0.1) is 5.92 Å². The van der Waals surface area contributed by atoms with Gasteiger partial charge in [-0.2, -0.15) is 5.01 Å². The number of nitrogens with zero attached hydrogens (tertiary/aromatic N) is 2. The van der Waals surface area contributed by atoms with Crippen LogP contribution in [0.3, 0.4) is 0 Å². The van der Waals surface area contributed by atoms with Crippen molar-refractivity contribution >= 4 is 23.7 Å². The van der Waals surface area contributed by atoms with Gasteiger partial charge in [-0.25, -0.2) is 9.80 Å². The average Bonchev–Trinajstić information content (AvgIpc) is 2.74. The van der Waals surface area contributed by atoms with Crippen LogP contribution >= 0.6 is 0 Å². The zero-order valence-electron chi connectivity index (χ0n) is 13.1. The molecule has 0 aromatic rings. The van der Waals surface area contributed by atoms with Gasteiger partial charge in [0.05, 0.1) is 0 Å². The van der Waals surface area contributed by atoms with Crippen LogP contribution in [-0.2, 0) is 19.2 Å². The number of hydrazine groups is 1. The van der Waals surface area contributed by atoms with Gasteiger partial charge in [-0.1, -0.05) is 33.6 Å². The van der Waals surface area contributed by atoms with Gasteiger partial charge in [-0.15, -0.1) is 0 Å². The summed E-state index contributed by atoms with van der Waals surface area (Å²) in [6, 6.07) is -1.26. The summed E-state index contributed by atoms with van der Waals surface area (Å²) in [7, 11) is 0. The number of hydrogen-bond donors (Lipinski definition) is 1. The topological polar surface area (TPSA) is 95.0 Å². The lowest BCUT2D eigenvalue weighted by Crippen LogP contribution is -2.58. The van der Waals surface area contributed by atoms with Crippen molar-refractivity contribution in [2.75, 3.05) is 0 Å². The fraction of sp³-hybridized carbons (Fsp3) is 0.600. The predicted octanol–water partition coefficient (Wildman–Crippen LogP) is 1.34. The number of aliphatic carboxylic acids is 1.